The van der Waals surface area contributed by atoms with Crippen molar-refractivity contribution >= 4 is 44.8 Å². The third kappa shape index (κ3) is 4.41. The number of halogens is 1. The molecule has 1 heterocycles. The first-order valence-electron chi connectivity index (χ1n) is 8.73. The van der Waals surface area contributed by atoms with Gasteiger partial charge in [-0.1, -0.05) is 30.7 Å². The molecule has 0 N–H and O–H groups in total. The van der Waals surface area contributed by atoms with Gasteiger partial charge in [-0.15, -0.1) is 11.3 Å². The fraction of sp³-hybridized carbons (Fsp3) is 0.238. The molecule has 0 saturated heterocycles. The molecule has 1 aromatic heterocycles. The Morgan fingerprint density at radius 2 is 2.07 bits per heavy atom. The maximum Gasteiger partial charge on any atom is 0.179 e. The van der Waals surface area contributed by atoms with Crippen LogP contribution >= 0.6 is 22.9 Å². The lowest BCUT2D eigenvalue weighted by Crippen LogP contribution is -2.01. The van der Waals surface area contributed by atoms with Gasteiger partial charge in [-0.05, 0) is 49.2 Å². The Bertz CT molecular complexity index is 988. The largest absolute Gasteiger partial charge is 0.490 e. The Kier molecular flexibility index (Phi) is 6.33. The van der Waals surface area contributed by atoms with E-state index in [9.17, 15) is 5.26 Å². The zero-order valence-electron chi connectivity index (χ0n) is 15.2. The van der Waals surface area contributed by atoms with Gasteiger partial charge in [0.25, 0.3) is 0 Å². The van der Waals surface area contributed by atoms with E-state index in [1.54, 1.807) is 12.1 Å². The normalized spacial score (nSPS) is 11.4. The molecule has 0 atom stereocenters. The van der Waals surface area contributed by atoms with Crippen LogP contribution in [0.3, 0.4) is 0 Å². The smallest absolute Gasteiger partial charge is 0.179 e. The van der Waals surface area contributed by atoms with Gasteiger partial charge in [0.1, 0.15) is 11.1 Å². The molecule has 0 radical (unpaired) electrons. The molecule has 0 saturated carbocycles. The number of aromatic nitrogens is 1. The van der Waals surface area contributed by atoms with Crippen LogP contribution in [0.2, 0.25) is 5.02 Å². The summed E-state index contributed by atoms with van der Waals surface area (Å²) in [5.41, 5.74) is 2.13. The number of hydrogen-bond donors (Lipinski definition) is 0. The third-order valence-corrected chi connectivity index (χ3v) is 5.09. The number of rotatable bonds is 7. The summed E-state index contributed by atoms with van der Waals surface area (Å²) in [6, 6.07) is 13.7. The zero-order chi connectivity index (χ0) is 19.2. The van der Waals surface area contributed by atoms with Crippen LogP contribution in [0.4, 0.5) is 0 Å². The maximum absolute atomic E-state index is 9.64. The highest BCUT2D eigenvalue weighted by Crippen LogP contribution is 2.38. The molecular formula is C21H19ClN2O2S. The van der Waals surface area contributed by atoms with Gasteiger partial charge in [0, 0.05) is 0 Å². The van der Waals surface area contributed by atoms with Crippen LogP contribution in [0.1, 0.15) is 30.8 Å². The second-order valence-corrected chi connectivity index (χ2v) is 7.21. The Morgan fingerprint density at radius 1 is 1.26 bits per heavy atom. The number of thiazole rings is 1. The van der Waals surface area contributed by atoms with E-state index in [1.165, 1.54) is 11.3 Å². The molecule has 0 amide bonds. The van der Waals surface area contributed by atoms with E-state index in [0.717, 1.165) is 22.2 Å². The number of fused-ring (bicyclic) bond motifs is 1. The molecule has 0 spiro atoms. The Labute approximate surface area is 167 Å². The summed E-state index contributed by atoms with van der Waals surface area (Å²) >= 11 is 7.90. The van der Waals surface area contributed by atoms with E-state index < -0.39 is 0 Å². The number of para-hydroxylation sites is 1. The second kappa shape index (κ2) is 8.90. The number of hydrogen-bond acceptors (Lipinski definition) is 5. The molecule has 3 aromatic rings. The lowest BCUT2D eigenvalue weighted by atomic mass is 10.1. The molecule has 138 valence electrons. The van der Waals surface area contributed by atoms with Gasteiger partial charge in [0.15, 0.2) is 11.5 Å². The molecule has 0 unspecified atom stereocenters. The molecule has 0 fully saturated rings. The van der Waals surface area contributed by atoms with E-state index in [1.807, 2.05) is 44.2 Å². The molecule has 0 aliphatic rings. The summed E-state index contributed by atoms with van der Waals surface area (Å²) < 4.78 is 12.5. The van der Waals surface area contributed by atoms with E-state index in [4.69, 9.17) is 21.1 Å². The summed E-state index contributed by atoms with van der Waals surface area (Å²) in [6.07, 6.45) is 2.65. The maximum atomic E-state index is 9.64. The van der Waals surface area contributed by atoms with Gasteiger partial charge in [0.05, 0.1) is 34.0 Å². The highest BCUT2D eigenvalue weighted by Gasteiger charge is 2.14. The van der Waals surface area contributed by atoms with Crippen LogP contribution in [0.15, 0.2) is 36.4 Å². The van der Waals surface area contributed by atoms with E-state index >= 15 is 0 Å². The average molecular weight is 399 g/mol. The predicted octanol–water partition coefficient (Wildman–Crippen LogP) is 6.20. The highest BCUT2D eigenvalue weighted by atomic mass is 35.5. The summed E-state index contributed by atoms with van der Waals surface area (Å²) in [4.78, 5) is 4.56. The first kappa shape index (κ1) is 19.2. The van der Waals surface area contributed by atoms with Crippen LogP contribution in [-0.4, -0.2) is 18.2 Å². The van der Waals surface area contributed by atoms with E-state index in [-0.39, 0.29) is 0 Å². The van der Waals surface area contributed by atoms with Crippen molar-refractivity contribution in [3.63, 3.8) is 0 Å². The van der Waals surface area contributed by atoms with Crippen LogP contribution in [0, 0.1) is 11.3 Å². The van der Waals surface area contributed by atoms with Crippen molar-refractivity contribution in [1.82, 2.24) is 4.98 Å². The Hall–Kier alpha value is -2.55. The minimum atomic E-state index is 0.460. The van der Waals surface area contributed by atoms with Crippen molar-refractivity contribution in [3.8, 4) is 17.6 Å². The number of nitriles is 1. The molecule has 0 bridgehead atoms. The van der Waals surface area contributed by atoms with Gasteiger partial charge >= 0.3 is 0 Å². The van der Waals surface area contributed by atoms with Crippen molar-refractivity contribution in [2.24, 2.45) is 0 Å². The minimum Gasteiger partial charge on any atom is -0.490 e. The molecule has 27 heavy (non-hydrogen) atoms. The fourth-order valence-electron chi connectivity index (χ4n) is 2.57. The van der Waals surface area contributed by atoms with Gasteiger partial charge in [-0.25, -0.2) is 4.98 Å². The monoisotopic (exact) mass is 398 g/mol. The predicted molar refractivity (Wildman–Crippen MR) is 112 cm³/mol. The molecule has 0 aliphatic heterocycles. The molecule has 4 nitrogen and oxygen atoms in total. The van der Waals surface area contributed by atoms with Crippen molar-refractivity contribution in [2.75, 3.05) is 13.2 Å². The van der Waals surface area contributed by atoms with Gasteiger partial charge in [-0.3, -0.25) is 0 Å². The fourth-order valence-corrected chi connectivity index (χ4v) is 3.78. The lowest BCUT2D eigenvalue weighted by Gasteiger charge is -2.14. The van der Waals surface area contributed by atoms with Gasteiger partial charge < -0.3 is 9.47 Å². The summed E-state index contributed by atoms with van der Waals surface area (Å²) in [5.74, 6) is 1.11. The SMILES string of the molecule is CCCOc1c(Cl)cc(/C=C(/C#N)c2nc3ccccc3s2)cc1OCC. The molecule has 6 heteroatoms. The summed E-state index contributed by atoms with van der Waals surface area (Å²) in [7, 11) is 0. The van der Waals surface area contributed by atoms with Crippen LogP contribution in [0.25, 0.3) is 21.9 Å². The number of benzene rings is 2. The zero-order valence-corrected chi connectivity index (χ0v) is 16.7. The minimum absolute atomic E-state index is 0.460. The third-order valence-electron chi connectivity index (χ3n) is 3.74. The highest BCUT2D eigenvalue weighted by molar-refractivity contribution is 7.19. The number of allylic oxidation sites excluding steroid dienone is 1. The van der Waals surface area contributed by atoms with Crippen LogP contribution in [-0.2, 0) is 0 Å². The van der Waals surface area contributed by atoms with E-state index in [0.29, 0.717) is 40.3 Å². The van der Waals surface area contributed by atoms with Crippen molar-refractivity contribution in [3.05, 3.63) is 52.0 Å². The molecule has 2 aromatic carbocycles. The molecule has 0 aliphatic carbocycles. The molecule has 3 rings (SSSR count). The topological polar surface area (TPSA) is 55.1 Å². The standard InChI is InChI=1S/C21H19ClN2O2S/c1-3-9-26-20-16(22)11-14(12-18(20)25-4-2)10-15(13-23)21-24-17-7-5-6-8-19(17)27-21/h5-8,10-12H,3-4,9H2,1-2H3/b15-10-. The molecular weight excluding hydrogens is 380 g/mol. The van der Waals surface area contributed by atoms with Crippen molar-refractivity contribution in [2.45, 2.75) is 20.3 Å². The van der Waals surface area contributed by atoms with Crippen LogP contribution < -0.4 is 9.47 Å². The quantitative estimate of drug-likeness (QED) is 0.444. The van der Waals surface area contributed by atoms with Crippen molar-refractivity contribution in [1.29, 1.82) is 5.26 Å². The van der Waals surface area contributed by atoms with Gasteiger partial charge in [0.2, 0.25) is 0 Å². The van der Waals surface area contributed by atoms with Crippen LogP contribution in [0.5, 0.6) is 11.5 Å². The number of nitrogens with zero attached hydrogens (tertiary/aromatic N) is 2. The Balaban J connectivity index is 2.01. The van der Waals surface area contributed by atoms with Gasteiger partial charge in [-0.2, -0.15) is 5.26 Å². The summed E-state index contributed by atoms with van der Waals surface area (Å²) in [6.45, 7) is 4.99. The average Bonchev–Trinajstić information content (AvgIpc) is 3.09. The first-order valence-corrected chi connectivity index (χ1v) is 9.92. The Morgan fingerprint density at radius 3 is 2.78 bits per heavy atom. The van der Waals surface area contributed by atoms with E-state index in [2.05, 4.69) is 11.1 Å². The first-order chi connectivity index (χ1) is 13.2. The summed E-state index contributed by atoms with van der Waals surface area (Å²) in [5, 5.41) is 10.8. The van der Waals surface area contributed by atoms with Crippen molar-refractivity contribution < 1.29 is 9.47 Å². The lowest BCUT2D eigenvalue weighted by molar-refractivity contribution is 0.277. The number of ether oxygens (including phenoxy) is 2. The second-order valence-electron chi connectivity index (χ2n) is 5.77.